The van der Waals surface area contributed by atoms with Crippen molar-refractivity contribution < 1.29 is 13.9 Å². The first-order chi connectivity index (χ1) is 24.1. The fraction of sp³-hybridized carbons (Fsp3) is 0.500. The number of pyridine rings is 1. The number of likely N-dealkylation sites (N-methyl/N-ethyl adjacent to an activating group) is 1. The van der Waals surface area contributed by atoms with E-state index >= 15 is 4.39 Å². The number of aryl methyl sites for hydroxylation is 1. The fourth-order valence-electron chi connectivity index (χ4n) is 9.31. The number of nitrogens with zero attached hydrogens (tertiary/aromatic N) is 5. The highest BCUT2D eigenvalue weighted by Gasteiger charge is 2.51. The van der Waals surface area contributed by atoms with Crippen molar-refractivity contribution in [2.75, 3.05) is 26.7 Å². The highest BCUT2D eigenvalue weighted by atomic mass is 35.5. The van der Waals surface area contributed by atoms with Gasteiger partial charge in [-0.25, -0.2) is 9.37 Å². The van der Waals surface area contributed by atoms with Crippen LogP contribution in [0.25, 0.3) is 32.9 Å². The summed E-state index contributed by atoms with van der Waals surface area (Å²) in [7, 11) is 2.10. The molecule has 6 atom stereocenters. The third-order valence-corrected chi connectivity index (χ3v) is 12.9. The Morgan fingerprint density at radius 3 is 2.68 bits per heavy atom. The van der Waals surface area contributed by atoms with Gasteiger partial charge in [-0.1, -0.05) is 46.9 Å². The van der Waals surface area contributed by atoms with Crippen molar-refractivity contribution in [3.8, 4) is 23.1 Å². The maximum absolute atomic E-state index is 17.5. The van der Waals surface area contributed by atoms with Crippen LogP contribution < -0.4 is 10.1 Å². The van der Waals surface area contributed by atoms with E-state index < -0.39 is 5.82 Å². The van der Waals surface area contributed by atoms with Crippen molar-refractivity contribution in [3.05, 3.63) is 56.4 Å². The van der Waals surface area contributed by atoms with E-state index in [2.05, 4.69) is 27.9 Å². The molecule has 1 aliphatic carbocycles. The zero-order valence-electron chi connectivity index (χ0n) is 28.4. The minimum atomic E-state index is -0.552. The Morgan fingerprint density at radius 1 is 1.20 bits per heavy atom. The molecule has 0 radical (unpaired) electrons. The predicted molar refractivity (Wildman–Crippen MR) is 196 cm³/mol. The van der Waals surface area contributed by atoms with E-state index in [1.165, 1.54) is 0 Å². The molecule has 262 valence electrons. The number of amides is 1. The number of halogens is 4. The van der Waals surface area contributed by atoms with Crippen molar-refractivity contribution in [2.24, 2.45) is 5.92 Å². The third kappa shape index (κ3) is 5.28. The van der Waals surface area contributed by atoms with Crippen LogP contribution >= 0.6 is 34.8 Å². The van der Waals surface area contributed by atoms with Gasteiger partial charge in [0, 0.05) is 55.0 Å². The lowest BCUT2D eigenvalue weighted by Gasteiger charge is -2.39. The Bertz CT molecular complexity index is 2070. The summed E-state index contributed by atoms with van der Waals surface area (Å²) in [6.45, 7) is 6.16. The van der Waals surface area contributed by atoms with Gasteiger partial charge in [-0.05, 0) is 82.7 Å². The average molecular weight is 738 g/mol. The normalized spacial score (nSPS) is 25.4. The highest BCUT2D eigenvalue weighted by Crippen LogP contribution is 2.54. The minimum absolute atomic E-state index is 0.000282. The van der Waals surface area contributed by atoms with Crippen molar-refractivity contribution in [1.82, 2.24) is 24.7 Å². The first kappa shape index (κ1) is 34.0. The van der Waals surface area contributed by atoms with Crippen LogP contribution in [0.5, 0.6) is 5.88 Å². The smallest absolute Gasteiger partial charge is 0.225 e. The first-order valence-corrected chi connectivity index (χ1v) is 18.8. The molecule has 9 rings (SSSR count). The number of fused-ring (bicyclic) bond motifs is 4. The fourth-order valence-corrected chi connectivity index (χ4v) is 10.1. The van der Waals surface area contributed by atoms with Crippen LogP contribution in [0.2, 0.25) is 15.1 Å². The number of hydrogen-bond acceptors (Lipinski definition) is 6. The SMILES string of the molecule is CC(=O)N1CCC[C@@H]1c1c(Cl)c2c(O[C@@H](C)[C@@H]3CCCN3C)nc3c(F)c(-c4cccc(Cl)c4Cl)c(CCC#N)cc3c2n1[C@H]1[C@H]2CN[C@@H]1C2. The van der Waals surface area contributed by atoms with Gasteiger partial charge in [0.1, 0.15) is 11.6 Å². The number of carbonyl (C=O) groups is 1. The van der Waals surface area contributed by atoms with E-state index in [0.29, 0.717) is 50.8 Å². The molecule has 5 aliphatic rings. The number of benzene rings is 2. The van der Waals surface area contributed by atoms with E-state index in [0.717, 1.165) is 56.4 Å². The number of carbonyl (C=O) groups excluding carboxylic acids is 1. The molecule has 4 aromatic rings. The first-order valence-electron chi connectivity index (χ1n) is 17.7. The number of likely N-dealkylation sites (tertiary alicyclic amines) is 2. The highest BCUT2D eigenvalue weighted by molar-refractivity contribution is 6.43. The zero-order chi connectivity index (χ0) is 35.0. The van der Waals surface area contributed by atoms with Crippen LogP contribution in [0.1, 0.15) is 75.7 Å². The van der Waals surface area contributed by atoms with Crippen molar-refractivity contribution in [2.45, 2.75) is 89.1 Å². The van der Waals surface area contributed by atoms with Crippen LogP contribution in [-0.4, -0.2) is 70.1 Å². The molecule has 8 nitrogen and oxygen atoms in total. The Hall–Kier alpha value is -3.13. The summed E-state index contributed by atoms with van der Waals surface area (Å²) >= 11 is 20.8. The second-order valence-corrected chi connectivity index (χ2v) is 15.6. The third-order valence-electron chi connectivity index (χ3n) is 11.7. The Kier molecular flexibility index (Phi) is 8.92. The van der Waals surface area contributed by atoms with Crippen molar-refractivity contribution in [1.29, 1.82) is 5.26 Å². The van der Waals surface area contributed by atoms with Crippen LogP contribution in [0.15, 0.2) is 24.3 Å². The Morgan fingerprint density at radius 2 is 2.00 bits per heavy atom. The molecule has 2 aromatic heterocycles. The van der Waals surface area contributed by atoms with Gasteiger partial charge in [0.2, 0.25) is 11.8 Å². The standard InChI is InChI=1S/C38H40Cl3FN6O2/c1-19(27-11-6-14-46(27)3)50-38-30-32(41)37(28-12-7-15-47(28)20(2)49)48(35-22-17-26(35)44-18-22)36(30)24-16-21(8-5-13-43)29(33(42)34(24)45-38)23-9-4-10-25(39)31(23)40/h4,9-10,16,19,22,26-28,35,44H,5-8,11-12,14-15,17-18H2,1-3H3/t19-,22+,26+,27-,28+,35-/m0/s1. The molecule has 2 bridgehead atoms. The number of ether oxygens (including phenoxy) is 1. The van der Waals surface area contributed by atoms with Crippen LogP contribution in [-0.2, 0) is 11.2 Å². The average Bonchev–Trinajstić information content (AvgIpc) is 3.92. The van der Waals surface area contributed by atoms with E-state index in [4.69, 9.17) is 44.5 Å². The summed E-state index contributed by atoms with van der Waals surface area (Å²) in [4.78, 5) is 22.2. The van der Waals surface area contributed by atoms with Gasteiger partial charge >= 0.3 is 0 Å². The molecule has 0 unspecified atom stereocenters. The molecule has 1 saturated carbocycles. The molecule has 12 heteroatoms. The summed E-state index contributed by atoms with van der Waals surface area (Å²) < 4.78 is 26.6. The molecular weight excluding hydrogens is 698 g/mol. The summed E-state index contributed by atoms with van der Waals surface area (Å²) in [5.41, 5.74) is 3.11. The van der Waals surface area contributed by atoms with Gasteiger partial charge in [0.25, 0.3) is 0 Å². The van der Waals surface area contributed by atoms with Gasteiger partial charge in [-0.3, -0.25) is 9.69 Å². The maximum atomic E-state index is 17.5. The van der Waals surface area contributed by atoms with E-state index in [1.807, 2.05) is 17.9 Å². The van der Waals surface area contributed by atoms with E-state index in [9.17, 15) is 10.1 Å². The van der Waals surface area contributed by atoms with Crippen LogP contribution in [0.4, 0.5) is 4.39 Å². The molecule has 1 N–H and O–H groups in total. The lowest BCUT2D eigenvalue weighted by atomic mass is 9.79. The molecule has 6 heterocycles. The van der Waals surface area contributed by atoms with E-state index in [1.54, 1.807) is 25.1 Å². The van der Waals surface area contributed by atoms with Crippen molar-refractivity contribution >= 4 is 62.5 Å². The lowest BCUT2D eigenvalue weighted by Crippen LogP contribution is -2.40. The summed E-state index contributed by atoms with van der Waals surface area (Å²) in [6.07, 6.45) is 4.95. The topological polar surface area (TPSA) is 86.4 Å². The number of rotatable bonds is 8. The number of nitriles is 1. The molecule has 5 fully saturated rings. The molecule has 0 spiro atoms. The second kappa shape index (κ2) is 13.1. The monoisotopic (exact) mass is 736 g/mol. The van der Waals surface area contributed by atoms with Crippen molar-refractivity contribution in [3.63, 3.8) is 0 Å². The maximum Gasteiger partial charge on any atom is 0.225 e. The predicted octanol–water partition coefficient (Wildman–Crippen LogP) is 8.49. The van der Waals surface area contributed by atoms with Gasteiger partial charge in [-0.15, -0.1) is 0 Å². The molecule has 4 saturated heterocycles. The van der Waals surface area contributed by atoms with Crippen LogP contribution in [0, 0.1) is 23.1 Å². The van der Waals surface area contributed by atoms with E-state index in [-0.39, 0.29) is 64.6 Å². The number of aromatic nitrogens is 2. The molecule has 1 amide bonds. The van der Waals surface area contributed by atoms with Crippen LogP contribution in [0.3, 0.4) is 0 Å². The summed E-state index contributed by atoms with van der Waals surface area (Å²) in [5, 5.41) is 15.6. The summed E-state index contributed by atoms with van der Waals surface area (Å²) in [5.74, 6) is 0.0939. The number of nitrogens with one attached hydrogen (secondary N) is 1. The van der Waals surface area contributed by atoms with Gasteiger partial charge in [-0.2, -0.15) is 5.26 Å². The molecular formula is C38H40Cl3FN6O2. The largest absolute Gasteiger partial charge is 0.472 e. The molecule has 4 aliphatic heterocycles. The summed E-state index contributed by atoms with van der Waals surface area (Å²) in [6, 6.07) is 9.56. The minimum Gasteiger partial charge on any atom is -0.472 e. The quantitative estimate of drug-likeness (QED) is 0.195. The lowest BCUT2D eigenvalue weighted by molar-refractivity contribution is -0.129. The van der Waals surface area contributed by atoms with Gasteiger partial charge in [0.15, 0.2) is 5.82 Å². The molecule has 2 aromatic carbocycles. The zero-order valence-corrected chi connectivity index (χ0v) is 30.7. The second-order valence-electron chi connectivity index (χ2n) is 14.5. The Labute approximate surface area is 306 Å². The Balaban J connectivity index is 1.47. The number of hydrogen-bond donors (Lipinski definition) is 1. The molecule has 50 heavy (non-hydrogen) atoms. The van der Waals surface area contributed by atoms with Gasteiger partial charge < -0.3 is 19.5 Å². The van der Waals surface area contributed by atoms with Gasteiger partial charge in [0.05, 0.1) is 49.8 Å².